The van der Waals surface area contributed by atoms with Gasteiger partial charge in [-0.25, -0.2) is 9.37 Å². The van der Waals surface area contributed by atoms with Crippen molar-refractivity contribution in [2.24, 2.45) is 5.92 Å². The molecule has 1 N–H and O–H groups in total. The van der Waals surface area contributed by atoms with E-state index in [1.807, 2.05) is 63.2 Å². The van der Waals surface area contributed by atoms with Gasteiger partial charge in [-0.15, -0.1) is 0 Å². The molecule has 3 aromatic rings. The van der Waals surface area contributed by atoms with Gasteiger partial charge in [-0.05, 0) is 38.7 Å². The normalized spacial score (nSPS) is 11.2. The molecular formula is C26H32FN5O2. The first kappa shape index (κ1) is 25.1. The average molecular weight is 466 g/mol. The molecule has 0 saturated heterocycles. The van der Waals surface area contributed by atoms with Crippen molar-refractivity contribution < 1.29 is 14.0 Å². The number of amides is 2. The smallest absolute Gasteiger partial charge is 0.246 e. The van der Waals surface area contributed by atoms with Gasteiger partial charge in [0.25, 0.3) is 0 Å². The van der Waals surface area contributed by atoms with Crippen LogP contribution in [0, 0.1) is 18.7 Å². The fraction of sp³-hybridized carbons (Fsp3) is 0.346. The Hall–Kier alpha value is -3.52. The molecule has 0 spiro atoms. The van der Waals surface area contributed by atoms with E-state index < -0.39 is 0 Å². The molecule has 0 radical (unpaired) electrons. The summed E-state index contributed by atoms with van der Waals surface area (Å²) in [6.07, 6.45) is 1.76. The van der Waals surface area contributed by atoms with Crippen LogP contribution in [0.2, 0.25) is 0 Å². The highest BCUT2D eigenvalue weighted by molar-refractivity contribution is 5.94. The highest BCUT2D eigenvalue weighted by atomic mass is 19.1. The van der Waals surface area contributed by atoms with Gasteiger partial charge in [-0.2, -0.15) is 0 Å². The van der Waals surface area contributed by atoms with Crippen molar-refractivity contribution in [1.82, 2.24) is 19.4 Å². The number of aromatic nitrogens is 2. The topological polar surface area (TPSA) is 70.5 Å². The van der Waals surface area contributed by atoms with Crippen molar-refractivity contribution in [1.29, 1.82) is 0 Å². The van der Waals surface area contributed by atoms with E-state index in [9.17, 15) is 14.0 Å². The zero-order valence-electron chi connectivity index (χ0n) is 20.4. The second kappa shape index (κ2) is 11.1. The molecule has 0 aliphatic heterocycles. The molecule has 34 heavy (non-hydrogen) atoms. The van der Waals surface area contributed by atoms with Crippen LogP contribution in [0.5, 0.6) is 0 Å². The summed E-state index contributed by atoms with van der Waals surface area (Å²) in [5.74, 6) is -0.770. The lowest BCUT2D eigenvalue weighted by Gasteiger charge is -2.25. The molecule has 1 heterocycles. The Kier molecular flexibility index (Phi) is 8.17. The van der Waals surface area contributed by atoms with E-state index in [1.54, 1.807) is 34.7 Å². The first-order valence-corrected chi connectivity index (χ1v) is 11.3. The third-order valence-corrected chi connectivity index (χ3v) is 5.42. The standard InChI is InChI=1S/C26H32FN5O2/c1-18(2)25(34)31(14-13-30(4)5)17-24(33)29-26-28-23(20-9-7-6-8-10-20)16-32(26)21-12-11-19(3)22(27)15-21/h6-12,15-16,18H,13-14,17H2,1-5H3,(H,28,29,33). The van der Waals surface area contributed by atoms with Crippen molar-refractivity contribution >= 4 is 17.8 Å². The van der Waals surface area contributed by atoms with Crippen molar-refractivity contribution in [3.05, 3.63) is 66.1 Å². The monoisotopic (exact) mass is 465 g/mol. The van der Waals surface area contributed by atoms with Gasteiger partial charge in [0.05, 0.1) is 17.9 Å². The van der Waals surface area contributed by atoms with Crippen LogP contribution in [0.3, 0.4) is 0 Å². The number of nitrogens with one attached hydrogen (secondary N) is 1. The van der Waals surface area contributed by atoms with Gasteiger partial charge in [-0.3, -0.25) is 19.5 Å². The third-order valence-electron chi connectivity index (χ3n) is 5.42. The fourth-order valence-electron chi connectivity index (χ4n) is 3.44. The minimum Gasteiger partial charge on any atom is -0.332 e. The molecule has 0 unspecified atom stereocenters. The summed E-state index contributed by atoms with van der Waals surface area (Å²) < 4.78 is 16.0. The lowest BCUT2D eigenvalue weighted by atomic mass is 10.2. The summed E-state index contributed by atoms with van der Waals surface area (Å²) in [6, 6.07) is 14.4. The number of carbonyl (C=O) groups excluding carboxylic acids is 2. The van der Waals surface area contributed by atoms with Gasteiger partial charge < -0.3 is 9.80 Å². The lowest BCUT2D eigenvalue weighted by Crippen LogP contribution is -2.43. The van der Waals surface area contributed by atoms with Gasteiger partial charge in [0.15, 0.2) is 0 Å². The number of rotatable bonds is 9. The average Bonchev–Trinajstić information content (AvgIpc) is 3.22. The number of hydrogen-bond donors (Lipinski definition) is 1. The first-order chi connectivity index (χ1) is 16.2. The Morgan fingerprint density at radius 1 is 1.09 bits per heavy atom. The second-order valence-electron chi connectivity index (χ2n) is 8.89. The highest BCUT2D eigenvalue weighted by Gasteiger charge is 2.22. The Bertz CT molecular complexity index is 1140. The van der Waals surface area contributed by atoms with Gasteiger partial charge in [0, 0.05) is 30.8 Å². The van der Waals surface area contributed by atoms with Gasteiger partial charge in [0.1, 0.15) is 5.82 Å². The molecular weight excluding hydrogens is 433 g/mol. The summed E-state index contributed by atoms with van der Waals surface area (Å²) >= 11 is 0. The Morgan fingerprint density at radius 3 is 2.41 bits per heavy atom. The van der Waals surface area contributed by atoms with Crippen LogP contribution in [-0.4, -0.2) is 64.9 Å². The van der Waals surface area contributed by atoms with E-state index in [-0.39, 0.29) is 36.0 Å². The minimum absolute atomic E-state index is 0.0917. The zero-order valence-corrected chi connectivity index (χ0v) is 20.4. The Balaban J connectivity index is 1.90. The van der Waals surface area contributed by atoms with Crippen molar-refractivity contribution in [2.45, 2.75) is 20.8 Å². The molecule has 0 fully saturated rings. The quantitative estimate of drug-likeness (QED) is 0.519. The van der Waals surface area contributed by atoms with Crippen molar-refractivity contribution in [3.8, 4) is 16.9 Å². The van der Waals surface area contributed by atoms with E-state index in [4.69, 9.17) is 0 Å². The summed E-state index contributed by atoms with van der Waals surface area (Å²) in [7, 11) is 3.83. The van der Waals surface area contributed by atoms with Gasteiger partial charge >= 0.3 is 0 Å². The first-order valence-electron chi connectivity index (χ1n) is 11.3. The predicted molar refractivity (Wildman–Crippen MR) is 132 cm³/mol. The molecule has 0 aliphatic rings. The Labute approximate surface area is 200 Å². The number of imidazole rings is 1. The minimum atomic E-state index is -0.369. The number of aryl methyl sites for hydroxylation is 1. The zero-order chi connectivity index (χ0) is 24.8. The number of anilines is 1. The van der Waals surface area contributed by atoms with Gasteiger partial charge in [0.2, 0.25) is 17.8 Å². The third kappa shape index (κ3) is 6.29. The molecule has 0 aliphatic carbocycles. The summed E-state index contributed by atoms with van der Waals surface area (Å²) in [6.45, 7) is 6.30. The SMILES string of the molecule is Cc1ccc(-n2cc(-c3ccccc3)nc2NC(=O)CN(CCN(C)C)C(=O)C(C)C)cc1F. The van der Waals surface area contributed by atoms with Crippen LogP contribution in [0.1, 0.15) is 19.4 Å². The van der Waals surface area contributed by atoms with Crippen LogP contribution in [0.15, 0.2) is 54.7 Å². The van der Waals surface area contributed by atoms with Crippen LogP contribution in [-0.2, 0) is 9.59 Å². The largest absolute Gasteiger partial charge is 0.332 e. The fourth-order valence-corrected chi connectivity index (χ4v) is 3.44. The maximum Gasteiger partial charge on any atom is 0.246 e. The highest BCUT2D eigenvalue weighted by Crippen LogP contribution is 2.25. The van der Waals surface area contributed by atoms with Gasteiger partial charge in [-0.1, -0.05) is 50.2 Å². The van der Waals surface area contributed by atoms with Crippen LogP contribution < -0.4 is 5.32 Å². The lowest BCUT2D eigenvalue weighted by molar-refractivity contribution is -0.137. The molecule has 2 aromatic carbocycles. The number of likely N-dealkylation sites (N-methyl/N-ethyl adjacent to an activating group) is 1. The predicted octanol–water partition coefficient (Wildman–Crippen LogP) is 3.97. The maximum absolute atomic E-state index is 14.3. The molecule has 3 rings (SSSR count). The van der Waals surface area contributed by atoms with E-state index in [1.165, 1.54) is 6.07 Å². The number of nitrogens with zero attached hydrogens (tertiary/aromatic N) is 4. The van der Waals surface area contributed by atoms with E-state index in [2.05, 4.69) is 10.3 Å². The molecule has 1 aromatic heterocycles. The maximum atomic E-state index is 14.3. The van der Waals surface area contributed by atoms with Crippen molar-refractivity contribution in [3.63, 3.8) is 0 Å². The number of halogens is 1. The van der Waals surface area contributed by atoms with E-state index in [0.717, 1.165) is 5.56 Å². The van der Waals surface area contributed by atoms with Crippen LogP contribution in [0.4, 0.5) is 10.3 Å². The van der Waals surface area contributed by atoms with Crippen molar-refractivity contribution in [2.75, 3.05) is 39.0 Å². The molecule has 2 amide bonds. The summed E-state index contributed by atoms with van der Waals surface area (Å²) in [5.41, 5.74) is 2.57. The van der Waals surface area contributed by atoms with Crippen LogP contribution >= 0.6 is 0 Å². The molecule has 8 heteroatoms. The molecule has 0 saturated carbocycles. The molecule has 180 valence electrons. The van der Waals surface area contributed by atoms with E-state index in [0.29, 0.717) is 30.0 Å². The summed E-state index contributed by atoms with van der Waals surface area (Å²) in [4.78, 5) is 33.8. The summed E-state index contributed by atoms with van der Waals surface area (Å²) in [5, 5.41) is 2.83. The molecule has 0 atom stereocenters. The number of carbonyl (C=O) groups is 2. The molecule has 7 nitrogen and oxygen atoms in total. The Morgan fingerprint density at radius 2 is 1.79 bits per heavy atom. The molecule has 0 bridgehead atoms. The second-order valence-corrected chi connectivity index (χ2v) is 8.89. The van der Waals surface area contributed by atoms with Crippen LogP contribution in [0.25, 0.3) is 16.9 Å². The number of hydrogen-bond acceptors (Lipinski definition) is 4. The van der Waals surface area contributed by atoms with E-state index >= 15 is 0 Å². The number of benzene rings is 2.